The van der Waals surface area contributed by atoms with Gasteiger partial charge in [-0.1, -0.05) is 47.7 Å². The van der Waals surface area contributed by atoms with E-state index in [0.29, 0.717) is 11.8 Å². The van der Waals surface area contributed by atoms with E-state index in [4.69, 9.17) is 11.6 Å². The van der Waals surface area contributed by atoms with E-state index in [9.17, 15) is 0 Å². The van der Waals surface area contributed by atoms with Crippen LogP contribution in [0.25, 0.3) is 11.0 Å². The van der Waals surface area contributed by atoms with Crippen LogP contribution < -0.4 is 0 Å². The molecule has 3 aromatic rings. The summed E-state index contributed by atoms with van der Waals surface area (Å²) in [7, 11) is 0. The highest BCUT2D eigenvalue weighted by molar-refractivity contribution is 6.65. The van der Waals surface area contributed by atoms with Crippen molar-refractivity contribution >= 4 is 27.9 Å². The maximum atomic E-state index is 6.19. The average molecular weight is 271 g/mol. The Hall–Kier alpha value is -2.20. The number of fused-ring (bicyclic) bond motifs is 1. The molecule has 0 aliphatic rings. The van der Waals surface area contributed by atoms with E-state index < -0.39 is 0 Å². The fourth-order valence-corrected chi connectivity index (χ4v) is 2.00. The van der Waals surface area contributed by atoms with E-state index in [-0.39, 0.29) is 0 Å². The van der Waals surface area contributed by atoms with Gasteiger partial charge in [-0.2, -0.15) is 4.68 Å². The molecule has 0 saturated carbocycles. The molecule has 5 heteroatoms. The zero-order valence-electron chi connectivity index (χ0n) is 10.1. The average Bonchev–Trinajstić information content (AvgIpc) is 2.90. The third-order valence-corrected chi connectivity index (χ3v) is 3.04. The number of benzene rings is 2. The summed E-state index contributed by atoms with van der Waals surface area (Å²) in [5.41, 5.74) is 2.75. The lowest BCUT2D eigenvalue weighted by atomic mass is 10.2. The van der Waals surface area contributed by atoms with Gasteiger partial charge in [0.15, 0.2) is 0 Å². The van der Waals surface area contributed by atoms with Crippen molar-refractivity contribution in [2.24, 2.45) is 4.99 Å². The van der Waals surface area contributed by atoms with Gasteiger partial charge >= 0.3 is 0 Å². The number of para-hydroxylation sites is 1. The van der Waals surface area contributed by atoms with Gasteiger partial charge in [-0.05, 0) is 29.3 Å². The molecule has 1 heterocycles. The van der Waals surface area contributed by atoms with Crippen LogP contribution in [0.15, 0.2) is 59.6 Å². The van der Waals surface area contributed by atoms with Gasteiger partial charge in [0.05, 0.1) is 12.1 Å². The van der Waals surface area contributed by atoms with Crippen molar-refractivity contribution in [2.45, 2.75) is 6.54 Å². The molecule has 1 aromatic heterocycles. The fourth-order valence-electron chi connectivity index (χ4n) is 1.81. The number of aliphatic imine (C=N–C) groups is 1. The SMILES string of the molecule is ClC(=NCc1ccccc1)n1nnc2ccccc21. The van der Waals surface area contributed by atoms with Crippen molar-refractivity contribution < 1.29 is 0 Å². The topological polar surface area (TPSA) is 43.1 Å². The summed E-state index contributed by atoms with van der Waals surface area (Å²) in [6.45, 7) is 0.522. The molecule has 0 N–H and O–H groups in total. The molecular formula is C14H11ClN4. The van der Waals surface area contributed by atoms with Crippen molar-refractivity contribution in [2.75, 3.05) is 0 Å². The van der Waals surface area contributed by atoms with E-state index in [1.165, 1.54) is 0 Å². The van der Waals surface area contributed by atoms with Crippen LogP contribution in [0.1, 0.15) is 5.56 Å². The number of hydrogen-bond donors (Lipinski definition) is 0. The Morgan fingerprint density at radius 2 is 1.79 bits per heavy atom. The van der Waals surface area contributed by atoms with Gasteiger partial charge in [0.2, 0.25) is 5.29 Å². The van der Waals surface area contributed by atoms with Crippen molar-refractivity contribution in [3.63, 3.8) is 0 Å². The summed E-state index contributed by atoms with van der Waals surface area (Å²) in [6, 6.07) is 17.6. The minimum absolute atomic E-state index is 0.317. The molecule has 0 saturated heterocycles. The van der Waals surface area contributed by atoms with E-state index in [0.717, 1.165) is 16.6 Å². The fraction of sp³-hybridized carbons (Fsp3) is 0.0714. The second-order valence-electron chi connectivity index (χ2n) is 4.06. The number of nitrogens with zero attached hydrogens (tertiary/aromatic N) is 4. The Bertz CT molecular complexity index is 718. The Labute approximate surface area is 115 Å². The first-order chi connectivity index (χ1) is 9.34. The monoisotopic (exact) mass is 270 g/mol. The third kappa shape index (κ3) is 2.48. The first kappa shape index (κ1) is 11.9. The minimum Gasteiger partial charge on any atom is -0.251 e. The van der Waals surface area contributed by atoms with Gasteiger partial charge in [-0.25, -0.2) is 0 Å². The van der Waals surface area contributed by atoms with Crippen LogP contribution >= 0.6 is 11.6 Å². The van der Waals surface area contributed by atoms with Crippen LogP contribution in [-0.2, 0) is 6.54 Å². The molecule has 0 unspecified atom stereocenters. The van der Waals surface area contributed by atoms with Gasteiger partial charge in [0.1, 0.15) is 5.52 Å². The molecule has 0 fully saturated rings. The van der Waals surface area contributed by atoms with Crippen LogP contribution in [0.5, 0.6) is 0 Å². The maximum absolute atomic E-state index is 6.19. The minimum atomic E-state index is 0.317. The first-order valence-electron chi connectivity index (χ1n) is 5.89. The van der Waals surface area contributed by atoms with Gasteiger partial charge in [0, 0.05) is 0 Å². The predicted octanol–water partition coefficient (Wildman–Crippen LogP) is 3.07. The smallest absolute Gasteiger partial charge is 0.221 e. The van der Waals surface area contributed by atoms with Gasteiger partial charge < -0.3 is 0 Å². The highest BCUT2D eigenvalue weighted by Crippen LogP contribution is 2.11. The maximum Gasteiger partial charge on any atom is 0.221 e. The lowest BCUT2D eigenvalue weighted by Gasteiger charge is -1.99. The second kappa shape index (κ2) is 5.20. The lowest BCUT2D eigenvalue weighted by molar-refractivity contribution is 0.861. The Morgan fingerprint density at radius 3 is 2.63 bits per heavy atom. The zero-order valence-corrected chi connectivity index (χ0v) is 10.8. The molecule has 4 nitrogen and oxygen atoms in total. The quantitative estimate of drug-likeness (QED) is 0.530. The molecule has 2 aromatic carbocycles. The van der Waals surface area contributed by atoms with E-state index >= 15 is 0 Å². The van der Waals surface area contributed by atoms with Gasteiger partial charge in [-0.3, -0.25) is 4.99 Å². The largest absolute Gasteiger partial charge is 0.251 e. The molecule has 0 atom stereocenters. The molecule has 0 amide bonds. The molecule has 94 valence electrons. The Balaban J connectivity index is 1.89. The van der Waals surface area contributed by atoms with Crippen molar-refractivity contribution in [3.8, 4) is 0 Å². The van der Waals surface area contributed by atoms with E-state index in [1.54, 1.807) is 4.68 Å². The van der Waals surface area contributed by atoms with Gasteiger partial charge in [-0.15, -0.1) is 5.10 Å². The Morgan fingerprint density at radius 1 is 1.05 bits per heavy atom. The molecule has 0 bridgehead atoms. The summed E-state index contributed by atoms with van der Waals surface area (Å²) in [5.74, 6) is 0. The van der Waals surface area contributed by atoms with Crippen molar-refractivity contribution in [3.05, 3.63) is 60.2 Å². The standard InChI is InChI=1S/C14H11ClN4/c15-14(16-10-11-6-2-1-3-7-11)19-13-9-5-4-8-12(13)17-18-19/h1-9H,10H2. The molecule has 0 aliphatic carbocycles. The molecule has 0 aliphatic heterocycles. The summed E-state index contributed by atoms with van der Waals surface area (Å²) in [4.78, 5) is 4.33. The normalized spacial score (nSPS) is 11.9. The van der Waals surface area contributed by atoms with Crippen LogP contribution in [0.3, 0.4) is 0 Å². The zero-order chi connectivity index (χ0) is 13.1. The summed E-state index contributed by atoms with van der Waals surface area (Å²) < 4.78 is 1.54. The summed E-state index contributed by atoms with van der Waals surface area (Å²) in [5, 5.41) is 8.37. The van der Waals surface area contributed by atoms with Crippen LogP contribution in [0.4, 0.5) is 0 Å². The lowest BCUT2D eigenvalue weighted by Crippen LogP contribution is -2.07. The number of hydrogen-bond acceptors (Lipinski definition) is 3. The van der Waals surface area contributed by atoms with E-state index in [1.807, 2.05) is 54.6 Å². The second-order valence-corrected chi connectivity index (χ2v) is 4.40. The Kier molecular flexibility index (Phi) is 3.25. The number of halogens is 1. The van der Waals surface area contributed by atoms with Crippen LogP contribution in [-0.4, -0.2) is 20.3 Å². The molecule has 19 heavy (non-hydrogen) atoms. The molecule has 0 radical (unpaired) electrons. The predicted molar refractivity (Wildman–Crippen MR) is 76.4 cm³/mol. The number of rotatable bonds is 2. The molecule has 3 rings (SSSR count). The summed E-state index contributed by atoms with van der Waals surface area (Å²) in [6.07, 6.45) is 0. The van der Waals surface area contributed by atoms with Crippen molar-refractivity contribution in [1.82, 2.24) is 15.0 Å². The highest BCUT2D eigenvalue weighted by atomic mass is 35.5. The third-order valence-electron chi connectivity index (χ3n) is 2.76. The van der Waals surface area contributed by atoms with Crippen LogP contribution in [0.2, 0.25) is 0 Å². The van der Waals surface area contributed by atoms with Gasteiger partial charge in [0.25, 0.3) is 0 Å². The first-order valence-corrected chi connectivity index (χ1v) is 6.27. The van der Waals surface area contributed by atoms with E-state index in [2.05, 4.69) is 15.3 Å². The van der Waals surface area contributed by atoms with Crippen LogP contribution in [0, 0.1) is 0 Å². The molecular weight excluding hydrogens is 260 g/mol. The summed E-state index contributed by atoms with van der Waals surface area (Å²) >= 11 is 6.19. The van der Waals surface area contributed by atoms with Crippen molar-refractivity contribution in [1.29, 1.82) is 0 Å². The number of aromatic nitrogens is 3. The molecule has 0 spiro atoms. The highest BCUT2D eigenvalue weighted by Gasteiger charge is 2.06.